The Balaban J connectivity index is 2.28. The molecule has 1 aromatic carbocycles. The maximum absolute atomic E-state index is 5.66. The Morgan fingerprint density at radius 3 is 2.85 bits per heavy atom. The van der Waals surface area contributed by atoms with Gasteiger partial charge < -0.3 is 10.5 Å². The summed E-state index contributed by atoms with van der Waals surface area (Å²) in [4.78, 5) is 0. The molecule has 1 aromatic rings. The van der Waals surface area contributed by atoms with Crippen molar-refractivity contribution >= 4 is 5.69 Å². The average molecular weight is 179 g/mol. The summed E-state index contributed by atoms with van der Waals surface area (Å²) >= 11 is 0. The van der Waals surface area contributed by atoms with Crippen molar-refractivity contribution in [3.8, 4) is 0 Å². The van der Waals surface area contributed by atoms with Gasteiger partial charge in [0.1, 0.15) is 0 Å². The van der Waals surface area contributed by atoms with Gasteiger partial charge in [-0.15, -0.1) is 0 Å². The number of methoxy groups -OCH3 is 1. The van der Waals surface area contributed by atoms with Crippen LogP contribution in [0.1, 0.15) is 18.4 Å². The second-order valence-corrected chi connectivity index (χ2v) is 3.19. The lowest BCUT2D eigenvalue weighted by Gasteiger charge is -2.02. The van der Waals surface area contributed by atoms with Crippen molar-refractivity contribution in [3.05, 3.63) is 29.8 Å². The van der Waals surface area contributed by atoms with Gasteiger partial charge in [0.05, 0.1) is 0 Å². The van der Waals surface area contributed by atoms with Crippen LogP contribution in [0.15, 0.2) is 24.3 Å². The summed E-state index contributed by atoms with van der Waals surface area (Å²) in [6.45, 7) is 0.850. The first-order chi connectivity index (χ1) is 6.33. The van der Waals surface area contributed by atoms with Crippen LogP contribution in [0.2, 0.25) is 0 Å². The van der Waals surface area contributed by atoms with Crippen molar-refractivity contribution in [2.24, 2.45) is 0 Å². The van der Waals surface area contributed by atoms with Crippen LogP contribution >= 0.6 is 0 Å². The van der Waals surface area contributed by atoms with E-state index < -0.39 is 0 Å². The van der Waals surface area contributed by atoms with Crippen molar-refractivity contribution in [2.75, 3.05) is 19.5 Å². The van der Waals surface area contributed by atoms with Gasteiger partial charge in [0.2, 0.25) is 0 Å². The van der Waals surface area contributed by atoms with Crippen LogP contribution in [0, 0.1) is 0 Å². The third kappa shape index (κ3) is 3.95. The van der Waals surface area contributed by atoms with E-state index in [1.165, 1.54) is 5.56 Å². The number of aryl methyl sites for hydroxylation is 1. The second kappa shape index (κ2) is 5.60. The van der Waals surface area contributed by atoms with E-state index in [-0.39, 0.29) is 0 Å². The highest BCUT2D eigenvalue weighted by Crippen LogP contribution is 2.09. The normalized spacial score (nSPS) is 10.2. The maximum Gasteiger partial charge on any atom is 0.0462 e. The Hall–Kier alpha value is -1.02. The third-order valence-electron chi connectivity index (χ3n) is 2.01. The summed E-state index contributed by atoms with van der Waals surface area (Å²) in [6, 6.07) is 8.07. The summed E-state index contributed by atoms with van der Waals surface area (Å²) in [7, 11) is 1.74. The van der Waals surface area contributed by atoms with Crippen molar-refractivity contribution in [3.63, 3.8) is 0 Å². The number of nitrogens with two attached hydrogens (primary N) is 1. The number of benzene rings is 1. The zero-order chi connectivity index (χ0) is 9.52. The molecule has 0 saturated carbocycles. The first-order valence-electron chi connectivity index (χ1n) is 4.66. The number of nitrogen functional groups attached to an aromatic ring is 1. The largest absolute Gasteiger partial charge is 0.399 e. The van der Waals surface area contributed by atoms with Crippen molar-refractivity contribution < 1.29 is 4.74 Å². The van der Waals surface area contributed by atoms with Crippen molar-refractivity contribution in [1.82, 2.24) is 0 Å². The molecule has 0 aliphatic rings. The van der Waals surface area contributed by atoms with E-state index in [9.17, 15) is 0 Å². The Labute approximate surface area is 79.7 Å². The fourth-order valence-corrected chi connectivity index (χ4v) is 1.32. The molecule has 2 heteroatoms. The molecule has 13 heavy (non-hydrogen) atoms. The first-order valence-corrected chi connectivity index (χ1v) is 4.66. The molecule has 0 fully saturated rings. The van der Waals surface area contributed by atoms with E-state index >= 15 is 0 Å². The number of ether oxygens (including phenoxy) is 1. The minimum atomic E-state index is 0.850. The fourth-order valence-electron chi connectivity index (χ4n) is 1.32. The lowest BCUT2D eigenvalue weighted by Crippen LogP contribution is -1.92. The quantitative estimate of drug-likeness (QED) is 0.555. The topological polar surface area (TPSA) is 35.2 Å². The summed E-state index contributed by atoms with van der Waals surface area (Å²) in [5, 5.41) is 0. The van der Waals surface area contributed by atoms with E-state index in [1.54, 1.807) is 7.11 Å². The summed E-state index contributed by atoms with van der Waals surface area (Å²) in [5.41, 5.74) is 7.83. The molecule has 0 aliphatic heterocycles. The summed E-state index contributed by atoms with van der Waals surface area (Å²) in [6.07, 6.45) is 3.37. The standard InChI is InChI=1S/C11H17NO/c1-13-8-3-2-5-10-6-4-7-11(12)9-10/h4,6-7,9H,2-3,5,8,12H2,1H3. The minimum absolute atomic E-state index is 0.850. The smallest absolute Gasteiger partial charge is 0.0462 e. The van der Waals surface area contributed by atoms with Gasteiger partial charge in [-0.1, -0.05) is 12.1 Å². The maximum atomic E-state index is 5.66. The van der Waals surface area contributed by atoms with E-state index in [0.29, 0.717) is 0 Å². The van der Waals surface area contributed by atoms with E-state index in [2.05, 4.69) is 6.07 Å². The highest BCUT2D eigenvalue weighted by Gasteiger charge is 1.93. The highest BCUT2D eigenvalue weighted by molar-refractivity contribution is 5.40. The van der Waals surface area contributed by atoms with Crippen LogP contribution in [0.4, 0.5) is 5.69 Å². The molecule has 0 atom stereocenters. The van der Waals surface area contributed by atoms with Gasteiger partial charge >= 0.3 is 0 Å². The number of hydrogen-bond donors (Lipinski definition) is 1. The Kier molecular flexibility index (Phi) is 4.33. The summed E-state index contributed by atoms with van der Waals surface area (Å²) < 4.78 is 4.98. The minimum Gasteiger partial charge on any atom is -0.399 e. The zero-order valence-electron chi connectivity index (χ0n) is 8.12. The molecular weight excluding hydrogens is 162 g/mol. The monoisotopic (exact) mass is 179 g/mol. The molecule has 0 bridgehead atoms. The highest BCUT2D eigenvalue weighted by atomic mass is 16.5. The van der Waals surface area contributed by atoms with E-state index in [1.807, 2.05) is 18.2 Å². The SMILES string of the molecule is COCCCCc1cccc(N)c1. The molecule has 0 heterocycles. The van der Waals surface area contributed by atoms with Crippen molar-refractivity contribution in [1.29, 1.82) is 0 Å². The van der Waals surface area contributed by atoms with Crippen LogP contribution in [0.25, 0.3) is 0 Å². The number of hydrogen-bond acceptors (Lipinski definition) is 2. The number of rotatable bonds is 5. The molecule has 1 rings (SSSR count). The van der Waals surface area contributed by atoms with Crippen LogP contribution in [-0.4, -0.2) is 13.7 Å². The third-order valence-corrected chi connectivity index (χ3v) is 2.01. The van der Waals surface area contributed by atoms with Crippen LogP contribution in [0.5, 0.6) is 0 Å². The Bertz CT molecular complexity index is 248. The molecule has 0 saturated heterocycles. The van der Waals surface area contributed by atoms with Gasteiger partial charge in [0.15, 0.2) is 0 Å². The van der Waals surface area contributed by atoms with Gasteiger partial charge in [-0.05, 0) is 37.0 Å². The van der Waals surface area contributed by atoms with Gasteiger partial charge in [-0.2, -0.15) is 0 Å². The molecule has 72 valence electrons. The predicted octanol–water partition coefficient (Wildman–Crippen LogP) is 2.24. The Morgan fingerprint density at radius 1 is 1.31 bits per heavy atom. The Morgan fingerprint density at radius 2 is 2.15 bits per heavy atom. The molecule has 2 nitrogen and oxygen atoms in total. The molecule has 0 spiro atoms. The summed E-state index contributed by atoms with van der Waals surface area (Å²) in [5.74, 6) is 0. The molecule has 0 unspecified atom stereocenters. The molecule has 2 N–H and O–H groups in total. The molecule has 0 aliphatic carbocycles. The second-order valence-electron chi connectivity index (χ2n) is 3.19. The first kappa shape index (κ1) is 10.1. The number of anilines is 1. The van der Waals surface area contributed by atoms with E-state index in [0.717, 1.165) is 31.6 Å². The zero-order valence-corrected chi connectivity index (χ0v) is 8.12. The van der Waals surface area contributed by atoms with Crippen LogP contribution in [-0.2, 0) is 11.2 Å². The molecule has 0 radical (unpaired) electrons. The number of unbranched alkanes of at least 4 members (excludes halogenated alkanes) is 1. The molecular formula is C11H17NO. The lowest BCUT2D eigenvalue weighted by atomic mass is 10.1. The van der Waals surface area contributed by atoms with E-state index in [4.69, 9.17) is 10.5 Å². The fraction of sp³-hybridized carbons (Fsp3) is 0.455. The van der Waals surface area contributed by atoms with Gasteiger partial charge in [0.25, 0.3) is 0 Å². The van der Waals surface area contributed by atoms with Gasteiger partial charge in [-0.25, -0.2) is 0 Å². The molecule has 0 aromatic heterocycles. The van der Waals surface area contributed by atoms with Crippen LogP contribution in [0.3, 0.4) is 0 Å². The van der Waals surface area contributed by atoms with Crippen LogP contribution < -0.4 is 5.73 Å². The average Bonchev–Trinajstić information content (AvgIpc) is 2.13. The van der Waals surface area contributed by atoms with Gasteiger partial charge in [0, 0.05) is 19.4 Å². The predicted molar refractivity (Wildman–Crippen MR) is 55.7 cm³/mol. The lowest BCUT2D eigenvalue weighted by molar-refractivity contribution is 0.193. The molecule has 0 amide bonds. The van der Waals surface area contributed by atoms with Crippen molar-refractivity contribution in [2.45, 2.75) is 19.3 Å². The van der Waals surface area contributed by atoms with Gasteiger partial charge in [-0.3, -0.25) is 0 Å².